The third-order valence-electron chi connectivity index (χ3n) is 5.16. The molecule has 6 heteroatoms. The van der Waals surface area contributed by atoms with Crippen LogP contribution < -0.4 is 5.32 Å². The Balaban J connectivity index is 1.63. The first-order valence-electron chi connectivity index (χ1n) is 9.28. The monoisotopic (exact) mass is 358 g/mol. The molecule has 1 saturated heterocycles. The molecule has 1 aromatic heterocycles. The fourth-order valence-electron chi connectivity index (χ4n) is 3.54. The van der Waals surface area contributed by atoms with E-state index in [0.29, 0.717) is 24.1 Å². The number of benzene rings is 1. The van der Waals surface area contributed by atoms with Gasteiger partial charge in [0.2, 0.25) is 0 Å². The van der Waals surface area contributed by atoms with E-state index in [9.17, 15) is 9.18 Å². The van der Waals surface area contributed by atoms with Crippen molar-refractivity contribution >= 4 is 5.91 Å². The summed E-state index contributed by atoms with van der Waals surface area (Å²) in [5, 5.41) is 7.36. The average Bonchev–Trinajstić information content (AvgIpc) is 3.02. The molecule has 1 fully saturated rings. The molecule has 1 aromatic carbocycles. The number of piperidine rings is 1. The van der Waals surface area contributed by atoms with E-state index in [-0.39, 0.29) is 11.7 Å². The number of hydrogen-bond donors (Lipinski definition) is 1. The van der Waals surface area contributed by atoms with Crippen molar-refractivity contribution in [2.75, 3.05) is 19.6 Å². The zero-order valence-corrected chi connectivity index (χ0v) is 15.7. The van der Waals surface area contributed by atoms with E-state index in [1.807, 2.05) is 6.92 Å². The Bertz CT molecular complexity index is 754. The van der Waals surface area contributed by atoms with Crippen LogP contribution in [0.4, 0.5) is 4.39 Å². The first kappa shape index (κ1) is 18.6. The molecular formula is C20H27FN4O. The summed E-state index contributed by atoms with van der Waals surface area (Å²) in [6.45, 7) is 9.15. The average molecular weight is 358 g/mol. The Hall–Kier alpha value is -2.21. The van der Waals surface area contributed by atoms with Gasteiger partial charge in [-0.15, -0.1) is 0 Å². The number of likely N-dealkylation sites (tertiary alicyclic amines) is 1. The van der Waals surface area contributed by atoms with Crippen LogP contribution in [0, 0.1) is 18.7 Å². The van der Waals surface area contributed by atoms with Gasteiger partial charge in [0, 0.05) is 19.1 Å². The zero-order chi connectivity index (χ0) is 18.7. The summed E-state index contributed by atoms with van der Waals surface area (Å²) in [5.74, 6) is 0.0968. The number of carbonyl (C=O) groups is 1. The number of hydrogen-bond acceptors (Lipinski definition) is 3. The van der Waals surface area contributed by atoms with E-state index in [2.05, 4.69) is 29.2 Å². The molecule has 1 aliphatic rings. The van der Waals surface area contributed by atoms with Crippen LogP contribution in [0.15, 0.2) is 30.5 Å². The van der Waals surface area contributed by atoms with E-state index >= 15 is 0 Å². The fraction of sp³-hybridized carbons (Fsp3) is 0.500. The van der Waals surface area contributed by atoms with Gasteiger partial charge in [-0.1, -0.05) is 0 Å². The van der Waals surface area contributed by atoms with Crippen LogP contribution in [0.5, 0.6) is 0 Å². The Kier molecular flexibility index (Phi) is 5.71. The van der Waals surface area contributed by atoms with Gasteiger partial charge in [0.1, 0.15) is 5.82 Å². The molecule has 2 aromatic rings. The second kappa shape index (κ2) is 7.99. The molecule has 140 valence electrons. The van der Waals surface area contributed by atoms with E-state index in [4.69, 9.17) is 0 Å². The Labute approximate surface area is 154 Å². The topological polar surface area (TPSA) is 50.2 Å². The second-order valence-electron chi connectivity index (χ2n) is 7.34. The molecule has 1 atom stereocenters. The lowest BCUT2D eigenvalue weighted by molar-refractivity contribution is 0.0922. The van der Waals surface area contributed by atoms with Crippen molar-refractivity contribution in [1.29, 1.82) is 0 Å². The SMILES string of the molecule is Cc1c(C(=O)NC[C@@H]2CCCN(C(C)C)C2)cnn1-c1ccc(F)cc1. The number of aromatic nitrogens is 2. The highest BCUT2D eigenvalue weighted by Crippen LogP contribution is 2.18. The molecule has 0 saturated carbocycles. The highest BCUT2D eigenvalue weighted by atomic mass is 19.1. The molecule has 0 bridgehead atoms. The third kappa shape index (κ3) is 4.12. The van der Waals surface area contributed by atoms with Gasteiger partial charge < -0.3 is 10.2 Å². The molecule has 0 radical (unpaired) electrons. The first-order valence-corrected chi connectivity index (χ1v) is 9.28. The highest BCUT2D eigenvalue weighted by Gasteiger charge is 2.23. The number of carbonyl (C=O) groups excluding carboxylic acids is 1. The lowest BCUT2D eigenvalue weighted by Gasteiger charge is -2.35. The summed E-state index contributed by atoms with van der Waals surface area (Å²) in [5.41, 5.74) is 2.05. The number of nitrogens with one attached hydrogen (secondary N) is 1. The Morgan fingerprint density at radius 1 is 1.35 bits per heavy atom. The maximum Gasteiger partial charge on any atom is 0.254 e. The molecule has 5 nitrogen and oxygen atoms in total. The summed E-state index contributed by atoms with van der Waals surface area (Å²) >= 11 is 0. The standard InChI is InChI=1S/C20H27FN4O/c1-14(2)24-10-4-5-16(13-24)11-22-20(26)19-12-23-25(15(19)3)18-8-6-17(21)7-9-18/h6-9,12,14,16H,4-5,10-11,13H2,1-3H3,(H,22,26)/t16-/m0/s1. The van der Waals surface area contributed by atoms with Crippen molar-refractivity contribution in [2.24, 2.45) is 5.92 Å². The maximum absolute atomic E-state index is 13.1. The Morgan fingerprint density at radius 2 is 2.08 bits per heavy atom. The first-order chi connectivity index (χ1) is 12.5. The van der Waals surface area contributed by atoms with Crippen molar-refractivity contribution in [3.63, 3.8) is 0 Å². The summed E-state index contributed by atoms with van der Waals surface area (Å²) < 4.78 is 14.8. The zero-order valence-electron chi connectivity index (χ0n) is 15.7. The van der Waals surface area contributed by atoms with E-state index < -0.39 is 0 Å². The van der Waals surface area contributed by atoms with Gasteiger partial charge >= 0.3 is 0 Å². The van der Waals surface area contributed by atoms with Crippen molar-refractivity contribution in [2.45, 2.75) is 39.7 Å². The summed E-state index contributed by atoms with van der Waals surface area (Å²) in [6.07, 6.45) is 3.91. The largest absolute Gasteiger partial charge is 0.352 e. The van der Waals surface area contributed by atoms with Crippen LogP contribution in [0.1, 0.15) is 42.7 Å². The second-order valence-corrected chi connectivity index (χ2v) is 7.34. The van der Waals surface area contributed by atoms with Crippen LogP contribution >= 0.6 is 0 Å². The molecule has 1 N–H and O–H groups in total. The number of rotatable bonds is 5. The smallest absolute Gasteiger partial charge is 0.254 e. The van der Waals surface area contributed by atoms with E-state index in [0.717, 1.165) is 30.9 Å². The van der Waals surface area contributed by atoms with E-state index in [1.54, 1.807) is 23.0 Å². The molecule has 1 aliphatic heterocycles. The maximum atomic E-state index is 13.1. The lowest BCUT2D eigenvalue weighted by atomic mass is 9.97. The van der Waals surface area contributed by atoms with Crippen LogP contribution in [-0.4, -0.2) is 46.3 Å². The van der Waals surface area contributed by atoms with Gasteiger partial charge in [-0.05, 0) is 70.3 Å². The van der Waals surface area contributed by atoms with Gasteiger partial charge in [0.25, 0.3) is 5.91 Å². The van der Waals surface area contributed by atoms with Crippen LogP contribution in [0.2, 0.25) is 0 Å². The molecule has 0 spiro atoms. The van der Waals surface area contributed by atoms with Gasteiger partial charge in [0.15, 0.2) is 0 Å². The lowest BCUT2D eigenvalue weighted by Crippen LogP contribution is -2.43. The van der Waals surface area contributed by atoms with E-state index in [1.165, 1.54) is 18.6 Å². The summed E-state index contributed by atoms with van der Waals surface area (Å²) in [4.78, 5) is 15.1. The summed E-state index contributed by atoms with van der Waals surface area (Å²) in [7, 11) is 0. The van der Waals surface area contributed by atoms with Crippen molar-refractivity contribution in [3.8, 4) is 5.69 Å². The van der Waals surface area contributed by atoms with Gasteiger partial charge in [-0.2, -0.15) is 5.10 Å². The molecule has 1 amide bonds. The minimum absolute atomic E-state index is 0.0995. The minimum atomic E-state index is -0.292. The number of halogens is 1. The van der Waals surface area contributed by atoms with Crippen LogP contribution in [0.25, 0.3) is 5.69 Å². The molecular weight excluding hydrogens is 331 g/mol. The van der Waals surface area contributed by atoms with Crippen molar-refractivity contribution in [1.82, 2.24) is 20.0 Å². The molecule has 0 aliphatic carbocycles. The number of amides is 1. The third-order valence-corrected chi connectivity index (χ3v) is 5.16. The highest BCUT2D eigenvalue weighted by molar-refractivity contribution is 5.95. The number of nitrogens with zero attached hydrogens (tertiary/aromatic N) is 3. The minimum Gasteiger partial charge on any atom is -0.352 e. The quantitative estimate of drug-likeness (QED) is 0.893. The predicted octanol–water partition coefficient (Wildman–Crippen LogP) is 3.17. The van der Waals surface area contributed by atoms with Gasteiger partial charge in [-0.3, -0.25) is 4.79 Å². The van der Waals surface area contributed by atoms with Gasteiger partial charge in [-0.25, -0.2) is 9.07 Å². The molecule has 2 heterocycles. The fourth-order valence-corrected chi connectivity index (χ4v) is 3.54. The van der Waals surface area contributed by atoms with Crippen LogP contribution in [0.3, 0.4) is 0 Å². The Morgan fingerprint density at radius 3 is 2.77 bits per heavy atom. The summed E-state index contributed by atoms with van der Waals surface area (Å²) in [6, 6.07) is 6.63. The van der Waals surface area contributed by atoms with Gasteiger partial charge in [0.05, 0.1) is 23.1 Å². The van der Waals surface area contributed by atoms with Crippen LogP contribution in [-0.2, 0) is 0 Å². The van der Waals surface area contributed by atoms with Crippen molar-refractivity contribution in [3.05, 3.63) is 47.5 Å². The normalized spacial score (nSPS) is 18.3. The molecule has 0 unspecified atom stereocenters. The molecule has 26 heavy (non-hydrogen) atoms. The molecule has 3 rings (SSSR count). The predicted molar refractivity (Wildman–Crippen MR) is 100 cm³/mol. The van der Waals surface area contributed by atoms with Crippen molar-refractivity contribution < 1.29 is 9.18 Å².